The van der Waals surface area contributed by atoms with Crippen molar-refractivity contribution >= 4 is 5.82 Å². The summed E-state index contributed by atoms with van der Waals surface area (Å²) in [4.78, 5) is 4.02. The highest BCUT2D eigenvalue weighted by Gasteiger charge is 2.22. The van der Waals surface area contributed by atoms with Crippen LogP contribution in [-0.4, -0.2) is 17.6 Å². The lowest BCUT2D eigenvalue weighted by Crippen LogP contribution is -2.37. The Morgan fingerprint density at radius 1 is 1.35 bits per heavy atom. The van der Waals surface area contributed by atoms with Gasteiger partial charge in [0.15, 0.2) is 0 Å². The molecular weight excluding hydrogens is 217 g/mol. The fourth-order valence-electron chi connectivity index (χ4n) is 2.56. The zero-order valence-corrected chi connectivity index (χ0v) is 10.0. The summed E-state index contributed by atoms with van der Waals surface area (Å²) in [6.45, 7) is 0.601. The van der Waals surface area contributed by atoms with Crippen LogP contribution in [-0.2, 0) is 0 Å². The van der Waals surface area contributed by atoms with Crippen molar-refractivity contribution in [2.75, 3.05) is 11.9 Å². The minimum absolute atomic E-state index is 0.258. The van der Waals surface area contributed by atoms with Gasteiger partial charge in [-0.25, -0.2) is 9.37 Å². The molecular formula is C13H20FN3. The van der Waals surface area contributed by atoms with Gasteiger partial charge in [-0.3, -0.25) is 0 Å². The van der Waals surface area contributed by atoms with E-state index in [1.807, 2.05) is 0 Å². The minimum Gasteiger partial charge on any atom is -0.366 e. The Kier molecular flexibility index (Phi) is 4.31. The molecule has 4 heteroatoms. The van der Waals surface area contributed by atoms with E-state index in [4.69, 9.17) is 5.73 Å². The third kappa shape index (κ3) is 3.40. The molecule has 0 amide bonds. The highest BCUT2D eigenvalue weighted by molar-refractivity contribution is 5.35. The molecule has 1 unspecified atom stereocenters. The monoisotopic (exact) mass is 237 g/mol. The van der Waals surface area contributed by atoms with Crippen LogP contribution in [0.2, 0.25) is 0 Å². The van der Waals surface area contributed by atoms with Crippen molar-refractivity contribution < 1.29 is 4.39 Å². The quantitative estimate of drug-likeness (QED) is 0.846. The van der Waals surface area contributed by atoms with Crippen molar-refractivity contribution in [1.82, 2.24) is 4.98 Å². The Bertz CT molecular complexity index is 333. The van der Waals surface area contributed by atoms with Crippen LogP contribution in [0.5, 0.6) is 0 Å². The SMILES string of the molecule is NCC(Nc1ccc(F)cn1)C1CCCCC1. The highest BCUT2D eigenvalue weighted by Crippen LogP contribution is 2.27. The molecule has 17 heavy (non-hydrogen) atoms. The molecule has 0 bridgehead atoms. The molecule has 1 aromatic heterocycles. The first-order chi connectivity index (χ1) is 8.29. The average Bonchev–Trinajstić information content (AvgIpc) is 2.39. The van der Waals surface area contributed by atoms with E-state index in [0.29, 0.717) is 18.3 Å². The van der Waals surface area contributed by atoms with E-state index in [1.165, 1.54) is 44.4 Å². The Morgan fingerprint density at radius 2 is 2.12 bits per heavy atom. The molecule has 0 aromatic carbocycles. The lowest BCUT2D eigenvalue weighted by atomic mass is 9.84. The van der Waals surface area contributed by atoms with E-state index in [0.717, 1.165) is 0 Å². The Hall–Kier alpha value is -1.16. The maximum absolute atomic E-state index is 12.7. The molecule has 2 rings (SSSR count). The molecule has 3 nitrogen and oxygen atoms in total. The third-order valence-corrected chi connectivity index (χ3v) is 3.53. The van der Waals surface area contributed by atoms with E-state index in [9.17, 15) is 4.39 Å². The molecule has 1 heterocycles. The van der Waals surface area contributed by atoms with Gasteiger partial charge >= 0.3 is 0 Å². The molecule has 1 fully saturated rings. The van der Waals surface area contributed by atoms with Gasteiger partial charge in [-0.2, -0.15) is 0 Å². The Morgan fingerprint density at radius 3 is 2.71 bits per heavy atom. The van der Waals surface area contributed by atoms with Crippen LogP contribution in [0.25, 0.3) is 0 Å². The van der Waals surface area contributed by atoms with Gasteiger partial charge in [-0.1, -0.05) is 19.3 Å². The van der Waals surface area contributed by atoms with E-state index < -0.39 is 0 Å². The topological polar surface area (TPSA) is 50.9 Å². The molecule has 0 radical (unpaired) electrons. The van der Waals surface area contributed by atoms with Gasteiger partial charge in [0.05, 0.1) is 6.20 Å². The van der Waals surface area contributed by atoms with Gasteiger partial charge < -0.3 is 11.1 Å². The first-order valence-electron chi connectivity index (χ1n) is 6.38. The number of halogens is 1. The average molecular weight is 237 g/mol. The molecule has 1 aromatic rings. The molecule has 0 spiro atoms. The van der Waals surface area contributed by atoms with Crippen molar-refractivity contribution in [3.05, 3.63) is 24.1 Å². The van der Waals surface area contributed by atoms with E-state index in [2.05, 4.69) is 10.3 Å². The number of nitrogens with two attached hydrogens (primary N) is 1. The molecule has 1 aliphatic carbocycles. The van der Waals surface area contributed by atoms with E-state index in [1.54, 1.807) is 6.07 Å². The second-order valence-corrected chi connectivity index (χ2v) is 4.75. The van der Waals surface area contributed by atoms with E-state index in [-0.39, 0.29) is 11.9 Å². The van der Waals surface area contributed by atoms with Gasteiger partial charge in [-0.05, 0) is 30.9 Å². The summed E-state index contributed by atoms with van der Waals surface area (Å²) < 4.78 is 12.7. The van der Waals surface area contributed by atoms with Gasteiger partial charge in [0, 0.05) is 12.6 Å². The minimum atomic E-state index is -0.308. The summed E-state index contributed by atoms with van der Waals surface area (Å²) in [5, 5.41) is 3.32. The zero-order chi connectivity index (χ0) is 12.1. The number of anilines is 1. The molecule has 1 aliphatic rings. The number of pyridine rings is 1. The maximum atomic E-state index is 12.7. The zero-order valence-electron chi connectivity index (χ0n) is 10.0. The van der Waals surface area contributed by atoms with Crippen LogP contribution < -0.4 is 11.1 Å². The van der Waals surface area contributed by atoms with Crippen LogP contribution in [0.3, 0.4) is 0 Å². The maximum Gasteiger partial charge on any atom is 0.141 e. The van der Waals surface area contributed by atoms with Crippen molar-refractivity contribution in [1.29, 1.82) is 0 Å². The third-order valence-electron chi connectivity index (χ3n) is 3.53. The number of hydrogen-bond donors (Lipinski definition) is 2. The predicted octanol–water partition coefficient (Wildman–Crippen LogP) is 2.54. The molecule has 0 aliphatic heterocycles. The van der Waals surface area contributed by atoms with Crippen LogP contribution >= 0.6 is 0 Å². The molecule has 94 valence electrons. The number of aromatic nitrogens is 1. The van der Waals surface area contributed by atoms with Crippen LogP contribution in [0.1, 0.15) is 32.1 Å². The first-order valence-corrected chi connectivity index (χ1v) is 6.38. The second-order valence-electron chi connectivity index (χ2n) is 4.75. The fraction of sp³-hybridized carbons (Fsp3) is 0.615. The number of nitrogens with one attached hydrogen (secondary N) is 1. The molecule has 3 N–H and O–H groups in total. The molecule has 0 saturated heterocycles. The number of nitrogens with zero attached hydrogens (tertiary/aromatic N) is 1. The molecule has 1 atom stereocenters. The highest BCUT2D eigenvalue weighted by atomic mass is 19.1. The molecule has 1 saturated carbocycles. The lowest BCUT2D eigenvalue weighted by molar-refractivity contribution is 0.320. The van der Waals surface area contributed by atoms with Gasteiger partial charge in [0.25, 0.3) is 0 Å². The van der Waals surface area contributed by atoms with Gasteiger partial charge in [0.1, 0.15) is 11.6 Å². The second kappa shape index (κ2) is 5.96. The van der Waals surface area contributed by atoms with Crippen molar-refractivity contribution in [3.63, 3.8) is 0 Å². The van der Waals surface area contributed by atoms with Crippen molar-refractivity contribution in [2.24, 2.45) is 11.7 Å². The Labute approximate surface area is 102 Å². The van der Waals surface area contributed by atoms with Crippen molar-refractivity contribution in [3.8, 4) is 0 Å². The van der Waals surface area contributed by atoms with Crippen molar-refractivity contribution in [2.45, 2.75) is 38.1 Å². The first kappa shape index (κ1) is 12.3. The predicted molar refractivity (Wildman–Crippen MR) is 67.2 cm³/mol. The fourth-order valence-corrected chi connectivity index (χ4v) is 2.56. The van der Waals surface area contributed by atoms with Crippen LogP contribution in [0, 0.1) is 11.7 Å². The Balaban J connectivity index is 1.96. The largest absolute Gasteiger partial charge is 0.366 e. The summed E-state index contributed by atoms with van der Waals surface area (Å²) >= 11 is 0. The summed E-state index contributed by atoms with van der Waals surface area (Å²) in [6, 6.07) is 3.35. The number of rotatable bonds is 4. The van der Waals surface area contributed by atoms with Crippen LogP contribution in [0.4, 0.5) is 10.2 Å². The lowest BCUT2D eigenvalue weighted by Gasteiger charge is -2.30. The number of hydrogen-bond acceptors (Lipinski definition) is 3. The van der Waals surface area contributed by atoms with E-state index >= 15 is 0 Å². The summed E-state index contributed by atoms with van der Waals surface area (Å²) in [5.41, 5.74) is 5.82. The normalized spacial score (nSPS) is 18.9. The smallest absolute Gasteiger partial charge is 0.141 e. The standard InChI is InChI=1S/C13H20FN3/c14-11-6-7-13(16-9-11)17-12(8-15)10-4-2-1-3-5-10/h6-7,9-10,12H,1-5,8,15H2,(H,16,17). The summed E-state index contributed by atoms with van der Waals surface area (Å²) in [6.07, 6.45) is 7.62. The van der Waals surface area contributed by atoms with Gasteiger partial charge in [0.2, 0.25) is 0 Å². The van der Waals surface area contributed by atoms with Gasteiger partial charge in [-0.15, -0.1) is 0 Å². The summed E-state index contributed by atoms with van der Waals surface area (Å²) in [5.74, 6) is 1.03. The summed E-state index contributed by atoms with van der Waals surface area (Å²) in [7, 11) is 0. The van der Waals surface area contributed by atoms with Crippen LogP contribution in [0.15, 0.2) is 18.3 Å².